The number of nitrogens with two attached hydrogens (primary N) is 1. The molecule has 0 spiro atoms. The largest absolute Gasteiger partial charge is 0.464 e. The second-order valence-electron chi connectivity index (χ2n) is 4.32. The monoisotopic (exact) mass is 242 g/mol. The maximum Gasteiger partial charge on any atom is 0.332 e. The Labute approximate surface area is 102 Å². The van der Waals surface area contributed by atoms with Crippen LogP contribution in [0.4, 0.5) is 0 Å². The molecule has 0 aromatic carbocycles. The molecule has 0 aromatic heterocycles. The van der Waals surface area contributed by atoms with Gasteiger partial charge < -0.3 is 15.4 Å². The SMILES string of the molecule is CCOC(=O)C(N)C(=O)N1CCCCC1CC. The van der Waals surface area contributed by atoms with Crippen LogP contribution in [-0.2, 0) is 14.3 Å². The van der Waals surface area contributed by atoms with Gasteiger partial charge in [-0.3, -0.25) is 4.79 Å². The lowest BCUT2D eigenvalue weighted by molar-refractivity contribution is -0.152. The Bertz CT molecular complexity index is 281. The zero-order chi connectivity index (χ0) is 12.8. The van der Waals surface area contributed by atoms with Crippen molar-refractivity contribution in [2.45, 2.75) is 51.6 Å². The summed E-state index contributed by atoms with van der Waals surface area (Å²) >= 11 is 0. The minimum absolute atomic E-state index is 0.219. The molecule has 17 heavy (non-hydrogen) atoms. The van der Waals surface area contributed by atoms with E-state index in [0.29, 0.717) is 6.54 Å². The summed E-state index contributed by atoms with van der Waals surface area (Å²) in [5, 5.41) is 0. The van der Waals surface area contributed by atoms with E-state index in [9.17, 15) is 9.59 Å². The molecule has 2 N–H and O–H groups in total. The predicted molar refractivity (Wildman–Crippen MR) is 64.3 cm³/mol. The van der Waals surface area contributed by atoms with Crippen LogP contribution in [0.15, 0.2) is 0 Å². The topological polar surface area (TPSA) is 72.6 Å². The van der Waals surface area contributed by atoms with Crippen LogP contribution < -0.4 is 5.73 Å². The van der Waals surface area contributed by atoms with Crippen molar-refractivity contribution in [1.29, 1.82) is 0 Å². The van der Waals surface area contributed by atoms with Crippen molar-refractivity contribution < 1.29 is 14.3 Å². The van der Waals surface area contributed by atoms with Crippen LogP contribution in [0.5, 0.6) is 0 Å². The molecule has 0 saturated carbocycles. The molecule has 1 heterocycles. The van der Waals surface area contributed by atoms with Gasteiger partial charge in [-0.1, -0.05) is 6.92 Å². The van der Waals surface area contributed by atoms with Gasteiger partial charge in [-0.25, -0.2) is 4.79 Å². The highest BCUT2D eigenvalue weighted by molar-refractivity contribution is 6.01. The van der Waals surface area contributed by atoms with Crippen LogP contribution in [0.25, 0.3) is 0 Å². The number of amides is 1. The molecule has 1 fully saturated rings. The number of esters is 1. The van der Waals surface area contributed by atoms with Crippen LogP contribution in [0.2, 0.25) is 0 Å². The van der Waals surface area contributed by atoms with E-state index in [-0.39, 0.29) is 18.6 Å². The summed E-state index contributed by atoms with van der Waals surface area (Å²) in [7, 11) is 0. The molecule has 5 nitrogen and oxygen atoms in total. The standard InChI is InChI=1S/C12H22N2O3/c1-3-9-7-5-6-8-14(9)11(15)10(13)12(16)17-4-2/h9-10H,3-8,13H2,1-2H3. The third-order valence-corrected chi connectivity index (χ3v) is 3.19. The molecule has 1 amide bonds. The normalized spacial score (nSPS) is 22.1. The van der Waals surface area contributed by atoms with Crippen LogP contribution in [0, 0.1) is 0 Å². The maximum absolute atomic E-state index is 12.1. The van der Waals surface area contributed by atoms with Gasteiger partial charge in [0.2, 0.25) is 0 Å². The Hall–Kier alpha value is -1.10. The fraction of sp³-hybridized carbons (Fsp3) is 0.833. The lowest BCUT2D eigenvalue weighted by atomic mass is 9.99. The third-order valence-electron chi connectivity index (χ3n) is 3.19. The van der Waals surface area contributed by atoms with Crippen molar-refractivity contribution >= 4 is 11.9 Å². The summed E-state index contributed by atoms with van der Waals surface area (Å²) in [6.45, 7) is 4.69. The summed E-state index contributed by atoms with van der Waals surface area (Å²) < 4.78 is 4.77. The van der Waals surface area contributed by atoms with Crippen molar-refractivity contribution in [3.05, 3.63) is 0 Å². The zero-order valence-electron chi connectivity index (χ0n) is 10.6. The molecule has 1 saturated heterocycles. The average molecular weight is 242 g/mol. The van der Waals surface area contributed by atoms with Gasteiger partial charge in [-0.15, -0.1) is 0 Å². The van der Waals surface area contributed by atoms with E-state index in [1.807, 2.05) is 6.92 Å². The van der Waals surface area contributed by atoms with Crippen LogP contribution in [0.3, 0.4) is 0 Å². The van der Waals surface area contributed by atoms with Gasteiger partial charge in [-0.2, -0.15) is 0 Å². The second-order valence-corrected chi connectivity index (χ2v) is 4.32. The number of likely N-dealkylation sites (tertiary alicyclic amines) is 1. The van der Waals surface area contributed by atoms with Crippen LogP contribution in [0.1, 0.15) is 39.5 Å². The Balaban J connectivity index is 2.63. The number of nitrogens with zero attached hydrogens (tertiary/aromatic N) is 1. The molecule has 1 aliphatic heterocycles. The van der Waals surface area contributed by atoms with E-state index in [4.69, 9.17) is 10.5 Å². The molecule has 2 atom stereocenters. The fourth-order valence-electron chi connectivity index (χ4n) is 2.23. The van der Waals surface area contributed by atoms with E-state index in [0.717, 1.165) is 25.7 Å². The quantitative estimate of drug-likeness (QED) is 0.581. The summed E-state index contributed by atoms with van der Waals surface area (Å²) in [6.07, 6.45) is 4.02. The highest BCUT2D eigenvalue weighted by Gasteiger charge is 2.33. The Kier molecular flexibility index (Phi) is 5.41. The van der Waals surface area contributed by atoms with Crippen LogP contribution >= 0.6 is 0 Å². The van der Waals surface area contributed by atoms with E-state index in [1.165, 1.54) is 0 Å². The maximum atomic E-state index is 12.1. The lowest BCUT2D eigenvalue weighted by Gasteiger charge is -2.36. The summed E-state index contributed by atoms with van der Waals surface area (Å²) in [5.74, 6) is -0.923. The highest BCUT2D eigenvalue weighted by atomic mass is 16.5. The molecule has 0 aromatic rings. The van der Waals surface area contributed by atoms with Gasteiger partial charge in [0.15, 0.2) is 6.04 Å². The Morgan fingerprint density at radius 3 is 2.71 bits per heavy atom. The average Bonchev–Trinajstić information content (AvgIpc) is 2.37. The zero-order valence-corrected chi connectivity index (χ0v) is 10.6. The molecular formula is C12H22N2O3. The summed E-state index contributed by atoms with van der Waals surface area (Å²) in [4.78, 5) is 25.3. The number of hydrogen-bond donors (Lipinski definition) is 1. The minimum atomic E-state index is -1.16. The first-order chi connectivity index (χ1) is 8.11. The highest BCUT2D eigenvalue weighted by Crippen LogP contribution is 2.20. The van der Waals surface area contributed by atoms with Crippen molar-refractivity contribution in [1.82, 2.24) is 4.90 Å². The Morgan fingerprint density at radius 2 is 2.12 bits per heavy atom. The van der Waals surface area contributed by atoms with Crippen molar-refractivity contribution in [2.24, 2.45) is 5.73 Å². The molecule has 1 rings (SSSR count). The molecule has 2 unspecified atom stereocenters. The number of carbonyl (C=O) groups is 2. The van der Waals surface area contributed by atoms with Crippen molar-refractivity contribution in [3.8, 4) is 0 Å². The van der Waals surface area contributed by atoms with Gasteiger partial charge in [-0.05, 0) is 32.6 Å². The molecule has 5 heteroatoms. The molecule has 0 bridgehead atoms. The van der Waals surface area contributed by atoms with Gasteiger partial charge in [0, 0.05) is 12.6 Å². The number of ether oxygens (including phenoxy) is 1. The first kappa shape index (κ1) is 14.0. The second kappa shape index (κ2) is 6.59. The van der Waals surface area contributed by atoms with Gasteiger partial charge in [0.05, 0.1) is 6.61 Å². The lowest BCUT2D eigenvalue weighted by Crippen LogP contribution is -2.53. The summed E-state index contributed by atoms with van der Waals surface area (Å²) in [6, 6.07) is -0.946. The van der Waals surface area contributed by atoms with Gasteiger partial charge >= 0.3 is 5.97 Å². The smallest absolute Gasteiger partial charge is 0.332 e. The number of rotatable bonds is 4. The summed E-state index contributed by atoms with van der Waals surface area (Å²) in [5.41, 5.74) is 5.63. The molecule has 0 aliphatic carbocycles. The molecule has 1 aliphatic rings. The third kappa shape index (κ3) is 3.43. The first-order valence-corrected chi connectivity index (χ1v) is 6.34. The predicted octanol–water partition coefficient (Wildman–Crippen LogP) is 0.668. The number of carbonyl (C=O) groups excluding carboxylic acids is 2. The van der Waals surface area contributed by atoms with E-state index in [1.54, 1.807) is 11.8 Å². The van der Waals surface area contributed by atoms with Gasteiger partial charge in [0.25, 0.3) is 5.91 Å². The van der Waals surface area contributed by atoms with E-state index >= 15 is 0 Å². The Morgan fingerprint density at radius 1 is 1.41 bits per heavy atom. The van der Waals surface area contributed by atoms with Crippen molar-refractivity contribution in [2.75, 3.05) is 13.2 Å². The van der Waals surface area contributed by atoms with Crippen LogP contribution in [-0.4, -0.2) is 42.0 Å². The van der Waals surface area contributed by atoms with E-state index in [2.05, 4.69) is 0 Å². The van der Waals surface area contributed by atoms with Crippen molar-refractivity contribution in [3.63, 3.8) is 0 Å². The minimum Gasteiger partial charge on any atom is -0.464 e. The van der Waals surface area contributed by atoms with E-state index < -0.39 is 12.0 Å². The molecular weight excluding hydrogens is 220 g/mol. The van der Waals surface area contributed by atoms with Gasteiger partial charge in [0.1, 0.15) is 0 Å². The number of piperidine rings is 1. The fourth-order valence-corrected chi connectivity index (χ4v) is 2.23. The molecule has 98 valence electrons. The number of hydrogen-bond acceptors (Lipinski definition) is 4. The first-order valence-electron chi connectivity index (χ1n) is 6.34. The molecule has 0 radical (unpaired) electrons.